The predicted molar refractivity (Wildman–Crippen MR) is 58.8 cm³/mol. The Balaban J connectivity index is 2.02. The van der Waals surface area contributed by atoms with Gasteiger partial charge in [-0.1, -0.05) is 23.4 Å². The average Bonchev–Trinajstić information content (AvgIpc) is 2.74. The molecule has 1 heterocycles. The van der Waals surface area contributed by atoms with Crippen LogP contribution in [0.15, 0.2) is 35.1 Å². The van der Waals surface area contributed by atoms with Gasteiger partial charge in [0.25, 0.3) is 5.91 Å². The quantitative estimate of drug-likeness (QED) is 0.884. The van der Waals surface area contributed by atoms with Crippen molar-refractivity contribution in [2.75, 3.05) is 0 Å². The minimum absolute atomic E-state index is 0.123. The average molecular weight is 234 g/mol. The Morgan fingerprint density at radius 1 is 1.47 bits per heavy atom. The highest BCUT2D eigenvalue weighted by Gasteiger charge is 2.13. The summed E-state index contributed by atoms with van der Waals surface area (Å²) >= 11 is 0. The minimum atomic E-state index is -0.375. The number of aromatic nitrogens is 1. The Morgan fingerprint density at radius 3 is 2.88 bits per heavy atom. The fourth-order valence-electron chi connectivity index (χ4n) is 1.41. The summed E-state index contributed by atoms with van der Waals surface area (Å²) < 4.78 is 17.9. The van der Waals surface area contributed by atoms with Crippen LogP contribution in [0, 0.1) is 12.7 Å². The summed E-state index contributed by atoms with van der Waals surface area (Å²) in [7, 11) is 0. The number of amides is 1. The first kappa shape index (κ1) is 11.3. The lowest BCUT2D eigenvalue weighted by Crippen LogP contribution is -2.24. The van der Waals surface area contributed by atoms with Crippen molar-refractivity contribution in [3.63, 3.8) is 0 Å². The Morgan fingerprint density at radius 2 is 2.24 bits per heavy atom. The van der Waals surface area contributed by atoms with Crippen LogP contribution < -0.4 is 5.32 Å². The molecule has 0 aliphatic rings. The summed E-state index contributed by atoms with van der Waals surface area (Å²) in [5.74, 6) is -0.718. The van der Waals surface area contributed by atoms with Crippen LogP contribution in [-0.4, -0.2) is 11.1 Å². The molecule has 0 saturated carbocycles. The largest absolute Gasteiger partial charge is 0.364 e. The maximum atomic E-state index is 13.3. The van der Waals surface area contributed by atoms with Crippen molar-refractivity contribution in [2.45, 2.75) is 13.5 Å². The molecule has 0 aliphatic carbocycles. The Hall–Kier alpha value is -2.17. The number of hydrogen-bond acceptors (Lipinski definition) is 3. The third-order valence-corrected chi connectivity index (χ3v) is 2.36. The first-order valence-corrected chi connectivity index (χ1v) is 5.11. The van der Waals surface area contributed by atoms with Gasteiger partial charge in [0.15, 0.2) is 5.69 Å². The van der Waals surface area contributed by atoms with Gasteiger partial charge in [0, 0.05) is 17.7 Å². The molecule has 17 heavy (non-hydrogen) atoms. The van der Waals surface area contributed by atoms with Crippen LogP contribution >= 0.6 is 0 Å². The van der Waals surface area contributed by atoms with Gasteiger partial charge in [0.1, 0.15) is 12.1 Å². The first-order chi connectivity index (χ1) is 8.18. The number of hydrogen-bond donors (Lipinski definition) is 1. The Bertz CT molecular complexity index is 537. The van der Waals surface area contributed by atoms with Crippen LogP contribution in [0.3, 0.4) is 0 Å². The van der Waals surface area contributed by atoms with Gasteiger partial charge in [0.05, 0.1) is 0 Å². The number of halogens is 1. The number of carbonyl (C=O) groups excluding carboxylic acids is 1. The van der Waals surface area contributed by atoms with E-state index in [1.165, 1.54) is 12.3 Å². The highest BCUT2D eigenvalue weighted by molar-refractivity contribution is 5.93. The van der Waals surface area contributed by atoms with E-state index in [1.54, 1.807) is 25.1 Å². The van der Waals surface area contributed by atoms with Gasteiger partial charge in [-0.2, -0.15) is 0 Å². The van der Waals surface area contributed by atoms with Crippen LogP contribution in [-0.2, 0) is 6.54 Å². The van der Waals surface area contributed by atoms with Gasteiger partial charge >= 0.3 is 0 Å². The SMILES string of the molecule is Cc1conc1C(=O)NCc1ccccc1F. The van der Waals surface area contributed by atoms with Crippen molar-refractivity contribution in [3.8, 4) is 0 Å². The number of aryl methyl sites for hydroxylation is 1. The number of benzene rings is 1. The van der Waals surface area contributed by atoms with Gasteiger partial charge in [-0.3, -0.25) is 4.79 Å². The number of carbonyl (C=O) groups is 1. The van der Waals surface area contributed by atoms with Gasteiger partial charge in [0.2, 0.25) is 0 Å². The molecule has 1 aromatic heterocycles. The summed E-state index contributed by atoms with van der Waals surface area (Å²) in [4.78, 5) is 11.7. The lowest BCUT2D eigenvalue weighted by molar-refractivity contribution is 0.0941. The van der Waals surface area contributed by atoms with E-state index in [2.05, 4.69) is 15.0 Å². The fraction of sp³-hybridized carbons (Fsp3) is 0.167. The molecule has 0 radical (unpaired) electrons. The van der Waals surface area contributed by atoms with E-state index >= 15 is 0 Å². The Kier molecular flexibility index (Phi) is 3.18. The molecular formula is C12H11FN2O2. The van der Waals surface area contributed by atoms with E-state index in [0.29, 0.717) is 11.1 Å². The van der Waals surface area contributed by atoms with Crippen molar-refractivity contribution >= 4 is 5.91 Å². The highest BCUT2D eigenvalue weighted by atomic mass is 19.1. The normalized spacial score (nSPS) is 10.2. The van der Waals surface area contributed by atoms with Crippen molar-refractivity contribution < 1.29 is 13.7 Å². The molecular weight excluding hydrogens is 223 g/mol. The second-order valence-electron chi connectivity index (χ2n) is 3.62. The third kappa shape index (κ3) is 2.50. The molecule has 88 valence electrons. The monoisotopic (exact) mass is 234 g/mol. The molecule has 1 aromatic carbocycles. The smallest absolute Gasteiger partial charge is 0.274 e. The zero-order valence-electron chi connectivity index (χ0n) is 9.24. The minimum Gasteiger partial charge on any atom is -0.364 e. The van der Waals surface area contributed by atoms with E-state index < -0.39 is 0 Å². The van der Waals surface area contributed by atoms with Gasteiger partial charge in [-0.25, -0.2) is 4.39 Å². The molecule has 2 rings (SSSR count). The van der Waals surface area contributed by atoms with Crippen molar-refractivity contribution in [1.29, 1.82) is 0 Å². The number of rotatable bonds is 3. The van der Waals surface area contributed by atoms with Crippen LogP contribution in [0.1, 0.15) is 21.6 Å². The van der Waals surface area contributed by atoms with E-state index in [4.69, 9.17) is 0 Å². The molecule has 0 unspecified atom stereocenters. The zero-order chi connectivity index (χ0) is 12.3. The van der Waals surface area contributed by atoms with Gasteiger partial charge in [-0.05, 0) is 13.0 Å². The van der Waals surface area contributed by atoms with Crippen LogP contribution in [0.25, 0.3) is 0 Å². The third-order valence-electron chi connectivity index (χ3n) is 2.36. The molecule has 4 nitrogen and oxygen atoms in total. The summed E-state index contributed by atoms with van der Waals surface area (Å²) in [6.45, 7) is 1.84. The molecule has 5 heteroatoms. The zero-order valence-corrected chi connectivity index (χ0v) is 9.24. The maximum Gasteiger partial charge on any atom is 0.274 e. The van der Waals surface area contributed by atoms with Crippen molar-refractivity contribution in [2.24, 2.45) is 0 Å². The molecule has 1 N–H and O–H groups in total. The topological polar surface area (TPSA) is 55.1 Å². The van der Waals surface area contributed by atoms with E-state index in [1.807, 2.05) is 0 Å². The molecule has 1 amide bonds. The van der Waals surface area contributed by atoms with Crippen LogP contribution in [0.2, 0.25) is 0 Å². The molecule has 0 aliphatic heterocycles. The van der Waals surface area contributed by atoms with Gasteiger partial charge < -0.3 is 9.84 Å². The molecule has 0 atom stereocenters. The first-order valence-electron chi connectivity index (χ1n) is 5.11. The van der Waals surface area contributed by atoms with E-state index in [9.17, 15) is 9.18 Å². The van der Waals surface area contributed by atoms with Gasteiger partial charge in [-0.15, -0.1) is 0 Å². The standard InChI is InChI=1S/C12H11FN2O2/c1-8-7-17-15-11(8)12(16)14-6-9-4-2-3-5-10(9)13/h2-5,7H,6H2,1H3,(H,14,16). The molecule has 0 saturated heterocycles. The second kappa shape index (κ2) is 4.78. The Labute approximate surface area is 97.4 Å². The maximum absolute atomic E-state index is 13.3. The molecule has 0 spiro atoms. The second-order valence-corrected chi connectivity index (χ2v) is 3.62. The van der Waals surface area contributed by atoms with E-state index in [0.717, 1.165) is 0 Å². The summed E-state index contributed by atoms with van der Waals surface area (Å²) in [5.41, 5.74) is 1.30. The summed E-state index contributed by atoms with van der Waals surface area (Å²) in [6, 6.07) is 6.28. The number of nitrogens with zero attached hydrogens (tertiary/aromatic N) is 1. The highest BCUT2D eigenvalue weighted by Crippen LogP contribution is 2.07. The van der Waals surface area contributed by atoms with Crippen LogP contribution in [0.5, 0.6) is 0 Å². The number of nitrogens with one attached hydrogen (secondary N) is 1. The molecule has 2 aromatic rings. The van der Waals surface area contributed by atoms with Crippen molar-refractivity contribution in [1.82, 2.24) is 10.5 Å². The lowest BCUT2D eigenvalue weighted by Gasteiger charge is -2.04. The van der Waals surface area contributed by atoms with Crippen molar-refractivity contribution in [3.05, 3.63) is 53.2 Å². The summed E-state index contributed by atoms with van der Waals surface area (Å²) in [6.07, 6.45) is 1.39. The predicted octanol–water partition coefficient (Wildman–Crippen LogP) is 2.05. The fourth-order valence-corrected chi connectivity index (χ4v) is 1.41. The molecule has 0 fully saturated rings. The molecule has 0 bridgehead atoms. The van der Waals surface area contributed by atoms with E-state index in [-0.39, 0.29) is 24.0 Å². The summed E-state index contributed by atoms with van der Waals surface area (Å²) in [5, 5.41) is 6.15. The lowest BCUT2D eigenvalue weighted by atomic mass is 10.2. The van der Waals surface area contributed by atoms with Crippen LogP contribution in [0.4, 0.5) is 4.39 Å².